The van der Waals surface area contributed by atoms with Crippen molar-refractivity contribution in [2.24, 2.45) is 0 Å². The molecule has 0 N–H and O–H groups in total. The Kier molecular flexibility index (Phi) is 2.97. The Balaban J connectivity index is 2.32. The highest BCUT2D eigenvalue weighted by atomic mass is 16.5. The second kappa shape index (κ2) is 4.26. The van der Waals surface area contributed by atoms with Gasteiger partial charge in [0, 0.05) is 0 Å². The standard InChI is InChI=1S/C13H16O3/c1-3-16-12-6-4-5-11(7-12)13(10(2)14)8-15-9-13/h4-7H,3,8-9H2,1-2H3. The molecule has 0 radical (unpaired) electrons. The zero-order valence-electron chi connectivity index (χ0n) is 9.66. The van der Waals surface area contributed by atoms with Gasteiger partial charge in [-0.25, -0.2) is 0 Å². The summed E-state index contributed by atoms with van der Waals surface area (Å²) in [4.78, 5) is 11.7. The molecule has 0 amide bonds. The second-order valence-electron chi connectivity index (χ2n) is 4.09. The van der Waals surface area contributed by atoms with Gasteiger partial charge in [-0.15, -0.1) is 0 Å². The van der Waals surface area contributed by atoms with Crippen LogP contribution >= 0.6 is 0 Å². The first-order chi connectivity index (χ1) is 7.69. The molecule has 86 valence electrons. The normalized spacial score (nSPS) is 17.6. The van der Waals surface area contributed by atoms with Gasteiger partial charge in [0.15, 0.2) is 0 Å². The summed E-state index contributed by atoms with van der Waals surface area (Å²) in [6, 6.07) is 7.73. The summed E-state index contributed by atoms with van der Waals surface area (Å²) in [6.07, 6.45) is 0. The molecule has 0 bridgehead atoms. The summed E-state index contributed by atoms with van der Waals surface area (Å²) in [6.45, 7) is 5.17. The van der Waals surface area contributed by atoms with E-state index >= 15 is 0 Å². The highest BCUT2D eigenvalue weighted by molar-refractivity contribution is 5.89. The van der Waals surface area contributed by atoms with Crippen LogP contribution in [0.4, 0.5) is 0 Å². The summed E-state index contributed by atoms with van der Waals surface area (Å²) >= 11 is 0. The Morgan fingerprint density at radius 1 is 1.50 bits per heavy atom. The van der Waals surface area contributed by atoms with Gasteiger partial charge in [-0.2, -0.15) is 0 Å². The van der Waals surface area contributed by atoms with Crippen LogP contribution in [0.3, 0.4) is 0 Å². The van der Waals surface area contributed by atoms with Crippen LogP contribution in [-0.4, -0.2) is 25.6 Å². The van der Waals surface area contributed by atoms with Crippen molar-refractivity contribution < 1.29 is 14.3 Å². The third kappa shape index (κ3) is 1.71. The first-order valence-electron chi connectivity index (χ1n) is 5.51. The lowest BCUT2D eigenvalue weighted by molar-refractivity contribution is -0.140. The number of rotatable bonds is 4. The van der Waals surface area contributed by atoms with Crippen LogP contribution in [0, 0.1) is 0 Å². The lowest BCUT2D eigenvalue weighted by Crippen LogP contribution is -2.52. The number of ketones is 1. The van der Waals surface area contributed by atoms with E-state index in [0.717, 1.165) is 11.3 Å². The van der Waals surface area contributed by atoms with Crippen LogP contribution in [-0.2, 0) is 14.9 Å². The molecule has 1 aromatic carbocycles. The molecule has 16 heavy (non-hydrogen) atoms. The quantitative estimate of drug-likeness (QED) is 0.778. The van der Waals surface area contributed by atoms with Crippen LogP contribution < -0.4 is 4.74 Å². The lowest BCUT2D eigenvalue weighted by Gasteiger charge is -2.39. The van der Waals surface area contributed by atoms with E-state index in [-0.39, 0.29) is 5.78 Å². The molecule has 1 heterocycles. The molecule has 1 saturated heterocycles. The van der Waals surface area contributed by atoms with E-state index < -0.39 is 5.41 Å². The predicted molar refractivity (Wildman–Crippen MR) is 60.8 cm³/mol. The van der Waals surface area contributed by atoms with E-state index in [9.17, 15) is 4.79 Å². The zero-order valence-corrected chi connectivity index (χ0v) is 9.66. The molecule has 3 heteroatoms. The topological polar surface area (TPSA) is 35.5 Å². The minimum Gasteiger partial charge on any atom is -0.494 e. The van der Waals surface area contributed by atoms with Crippen molar-refractivity contribution in [3.8, 4) is 5.75 Å². The van der Waals surface area contributed by atoms with Gasteiger partial charge in [-0.1, -0.05) is 12.1 Å². The molecule has 0 saturated carbocycles. The lowest BCUT2D eigenvalue weighted by atomic mass is 9.75. The van der Waals surface area contributed by atoms with Crippen molar-refractivity contribution in [2.75, 3.05) is 19.8 Å². The van der Waals surface area contributed by atoms with Crippen LogP contribution in [0.1, 0.15) is 19.4 Å². The maximum atomic E-state index is 11.7. The summed E-state index contributed by atoms with van der Waals surface area (Å²) in [5.74, 6) is 0.972. The van der Waals surface area contributed by atoms with Gasteiger partial charge < -0.3 is 9.47 Å². The van der Waals surface area contributed by atoms with Gasteiger partial charge in [0.25, 0.3) is 0 Å². The maximum Gasteiger partial charge on any atom is 0.145 e. The molecule has 0 unspecified atom stereocenters. The molecular weight excluding hydrogens is 204 g/mol. The van der Waals surface area contributed by atoms with Crippen molar-refractivity contribution in [3.63, 3.8) is 0 Å². The molecule has 3 nitrogen and oxygen atoms in total. The molecule has 1 aromatic rings. The number of hydrogen-bond donors (Lipinski definition) is 0. The fourth-order valence-electron chi connectivity index (χ4n) is 1.93. The monoisotopic (exact) mass is 220 g/mol. The molecule has 1 aliphatic rings. The van der Waals surface area contributed by atoms with Crippen LogP contribution in [0.5, 0.6) is 5.75 Å². The van der Waals surface area contributed by atoms with E-state index in [2.05, 4.69) is 0 Å². The van der Waals surface area contributed by atoms with Gasteiger partial charge >= 0.3 is 0 Å². The SMILES string of the molecule is CCOc1cccc(C2(C(C)=O)COC2)c1. The van der Waals surface area contributed by atoms with Gasteiger partial charge in [0.2, 0.25) is 0 Å². The Morgan fingerprint density at radius 2 is 2.25 bits per heavy atom. The summed E-state index contributed by atoms with van der Waals surface area (Å²) in [5, 5.41) is 0. The maximum absolute atomic E-state index is 11.7. The van der Waals surface area contributed by atoms with E-state index in [1.54, 1.807) is 6.92 Å². The van der Waals surface area contributed by atoms with Gasteiger partial charge in [-0.05, 0) is 31.5 Å². The van der Waals surface area contributed by atoms with Crippen molar-refractivity contribution in [1.29, 1.82) is 0 Å². The van der Waals surface area contributed by atoms with Gasteiger partial charge in [0.1, 0.15) is 16.9 Å². The summed E-state index contributed by atoms with van der Waals surface area (Å²) in [7, 11) is 0. The largest absolute Gasteiger partial charge is 0.494 e. The van der Waals surface area contributed by atoms with Gasteiger partial charge in [0.05, 0.1) is 19.8 Å². The van der Waals surface area contributed by atoms with Crippen LogP contribution in [0.25, 0.3) is 0 Å². The molecule has 0 spiro atoms. The highest BCUT2D eigenvalue weighted by Gasteiger charge is 2.44. The Hall–Kier alpha value is -1.35. The number of Topliss-reactive ketones (excluding diaryl/α,β-unsaturated/α-hetero) is 1. The van der Waals surface area contributed by atoms with E-state index in [1.807, 2.05) is 31.2 Å². The Morgan fingerprint density at radius 3 is 2.75 bits per heavy atom. The molecule has 1 aliphatic heterocycles. The number of ether oxygens (including phenoxy) is 2. The number of hydrogen-bond acceptors (Lipinski definition) is 3. The van der Waals surface area contributed by atoms with Gasteiger partial charge in [-0.3, -0.25) is 4.79 Å². The predicted octanol–water partition coefficient (Wildman–Crippen LogP) is 1.94. The summed E-state index contributed by atoms with van der Waals surface area (Å²) < 4.78 is 10.6. The minimum atomic E-state index is -0.437. The smallest absolute Gasteiger partial charge is 0.145 e. The number of carbonyl (C=O) groups is 1. The molecule has 0 atom stereocenters. The highest BCUT2D eigenvalue weighted by Crippen LogP contribution is 2.34. The Labute approximate surface area is 95.4 Å². The molecular formula is C13H16O3. The molecule has 0 aliphatic carbocycles. The molecule has 2 rings (SSSR count). The second-order valence-corrected chi connectivity index (χ2v) is 4.09. The average Bonchev–Trinajstić information content (AvgIpc) is 2.16. The number of benzene rings is 1. The molecule has 0 aromatic heterocycles. The Bertz CT molecular complexity index is 394. The van der Waals surface area contributed by atoms with Crippen LogP contribution in [0.2, 0.25) is 0 Å². The number of carbonyl (C=O) groups excluding carboxylic acids is 1. The van der Waals surface area contributed by atoms with Crippen molar-refractivity contribution in [1.82, 2.24) is 0 Å². The van der Waals surface area contributed by atoms with Crippen molar-refractivity contribution in [2.45, 2.75) is 19.3 Å². The van der Waals surface area contributed by atoms with E-state index in [0.29, 0.717) is 19.8 Å². The van der Waals surface area contributed by atoms with Crippen molar-refractivity contribution in [3.05, 3.63) is 29.8 Å². The fourth-order valence-corrected chi connectivity index (χ4v) is 1.93. The minimum absolute atomic E-state index is 0.160. The average molecular weight is 220 g/mol. The van der Waals surface area contributed by atoms with Crippen molar-refractivity contribution >= 4 is 5.78 Å². The third-order valence-electron chi connectivity index (χ3n) is 3.07. The fraction of sp³-hybridized carbons (Fsp3) is 0.462. The van der Waals surface area contributed by atoms with Crippen LogP contribution in [0.15, 0.2) is 24.3 Å². The third-order valence-corrected chi connectivity index (χ3v) is 3.07. The first-order valence-corrected chi connectivity index (χ1v) is 5.51. The zero-order chi connectivity index (χ0) is 11.6. The summed E-state index contributed by atoms with van der Waals surface area (Å²) in [5.41, 5.74) is 0.560. The van der Waals surface area contributed by atoms with E-state index in [4.69, 9.17) is 9.47 Å². The molecule has 1 fully saturated rings. The van der Waals surface area contributed by atoms with E-state index in [1.165, 1.54) is 0 Å². The first kappa shape index (κ1) is 11.1.